The van der Waals surface area contributed by atoms with Gasteiger partial charge in [-0.15, -0.1) is 11.8 Å². The highest BCUT2D eigenvalue weighted by molar-refractivity contribution is 7.99. The first-order chi connectivity index (χ1) is 5.88. The van der Waals surface area contributed by atoms with Crippen LogP contribution in [-0.2, 0) is 0 Å². The van der Waals surface area contributed by atoms with Crippen molar-refractivity contribution in [2.45, 2.75) is 23.8 Å². The summed E-state index contributed by atoms with van der Waals surface area (Å²) in [6, 6.07) is 8.14. The predicted molar refractivity (Wildman–Crippen MR) is 51.4 cm³/mol. The minimum absolute atomic E-state index is 0.240. The van der Waals surface area contributed by atoms with E-state index >= 15 is 0 Å². The molecule has 0 radical (unpaired) electrons. The van der Waals surface area contributed by atoms with Gasteiger partial charge in [-0.05, 0) is 30.2 Å². The van der Waals surface area contributed by atoms with Crippen LogP contribution < -0.4 is 0 Å². The molecule has 1 N–H and O–H groups in total. The Bertz CT molecular complexity index is 272. The normalized spacial score (nSPS) is 22.9. The number of aliphatic hydroxyl groups excluding tert-OH is 1. The lowest BCUT2D eigenvalue weighted by Crippen LogP contribution is -1.95. The van der Waals surface area contributed by atoms with Crippen LogP contribution in [0.5, 0.6) is 0 Å². The number of aliphatic hydroxyl groups is 1. The third kappa shape index (κ3) is 1.50. The maximum atomic E-state index is 9.73. The molecule has 0 unspecified atom stereocenters. The van der Waals surface area contributed by atoms with Gasteiger partial charge in [-0.1, -0.05) is 18.2 Å². The van der Waals surface area contributed by atoms with Gasteiger partial charge in [0.2, 0.25) is 0 Å². The van der Waals surface area contributed by atoms with E-state index in [1.54, 1.807) is 0 Å². The fourth-order valence-corrected chi connectivity index (χ4v) is 2.58. The Morgan fingerprint density at radius 1 is 1.33 bits per heavy atom. The van der Waals surface area contributed by atoms with Crippen LogP contribution in [0.1, 0.15) is 24.5 Å². The average Bonchev–Trinajstić information content (AvgIpc) is 2.29. The molecule has 0 spiro atoms. The van der Waals surface area contributed by atoms with Gasteiger partial charge in [0.05, 0.1) is 6.10 Å². The Kier molecular flexibility index (Phi) is 2.38. The molecule has 1 atom stereocenters. The van der Waals surface area contributed by atoms with Crippen LogP contribution in [-0.4, -0.2) is 10.9 Å². The zero-order valence-electron chi connectivity index (χ0n) is 6.86. The van der Waals surface area contributed by atoms with E-state index in [0.717, 1.165) is 24.2 Å². The SMILES string of the molecule is O[C@H]1CCCSc2ccccc21. The van der Waals surface area contributed by atoms with Crippen molar-refractivity contribution in [1.82, 2.24) is 0 Å². The van der Waals surface area contributed by atoms with Crippen LogP contribution in [0.25, 0.3) is 0 Å². The highest BCUT2D eigenvalue weighted by Crippen LogP contribution is 2.33. The van der Waals surface area contributed by atoms with Crippen molar-refractivity contribution in [1.29, 1.82) is 0 Å². The summed E-state index contributed by atoms with van der Waals surface area (Å²) < 4.78 is 0. The highest BCUT2D eigenvalue weighted by atomic mass is 32.2. The number of rotatable bonds is 0. The van der Waals surface area contributed by atoms with Gasteiger partial charge >= 0.3 is 0 Å². The number of hydrogen-bond acceptors (Lipinski definition) is 2. The maximum absolute atomic E-state index is 9.73. The van der Waals surface area contributed by atoms with E-state index in [-0.39, 0.29) is 6.10 Å². The summed E-state index contributed by atoms with van der Waals surface area (Å²) in [6.07, 6.45) is 1.78. The summed E-state index contributed by atoms with van der Waals surface area (Å²) in [5, 5.41) is 9.73. The minimum Gasteiger partial charge on any atom is -0.388 e. The van der Waals surface area contributed by atoms with Gasteiger partial charge in [0, 0.05) is 4.90 Å². The Hall–Kier alpha value is -0.470. The molecule has 64 valence electrons. The molecular formula is C10H12OS. The average molecular weight is 180 g/mol. The molecule has 0 fully saturated rings. The summed E-state index contributed by atoms with van der Waals surface area (Å²) in [4.78, 5) is 1.25. The maximum Gasteiger partial charge on any atom is 0.0801 e. The van der Waals surface area contributed by atoms with Gasteiger partial charge in [0.1, 0.15) is 0 Å². The number of hydrogen-bond donors (Lipinski definition) is 1. The first kappa shape index (κ1) is 8.14. The fraction of sp³-hybridized carbons (Fsp3) is 0.400. The van der Waals surface area contributed by atoms with E-state index in [0.29, 0.717) is 0 Å². The second-order valence-electron chi connectivity index (χ2n) is 3.04. The lowest BCUT2D eigenvalue weighted by molar-refractivity contribution is 0.165. The van der Waals surface area contributed by atoms with Crippen LogP contribution in [0.15, 0.2) is 29.2 Å². The van der Waals surface area contributed by atoms with E-state index in [2.05, 4.69) is 6.07 Å². The number of fused-ring (bicyclic) bond motifs is 1. The molecule has 12 heavy (non-hydrogen) atoms. The van der Waals surface area contributed by atoms with Crippen molar-refractivity contribution >= 4 is 11.8 Å². The van der Waals surface area contributed by atoms with Gasteiger partial charge in [0.25, 0.3) is 0 Å². The summed E-state index contributed by atoms with van der Waals surface area (Å²) in [5.74, 6) is 1.13. The van der Waals surface area contributed by atoms with E-state index in [1.165, 1.54) is 4.90 Å². The zero-order chi connectivity index (χ0) is 8.39. The summed E-state index contributed by atoms with van der Waals surface area (Å²) >= 11 is 1.85. The quantitative estimate of drug-likeness (QED) is 0.662. The first-order valence-electron chi connectivity index (χ1n) is 4.28. The van der Waals surface area contributed by atoms with Crippen LogP contribution in [0.4, 0.5) is 0 Å². The minimum atomic E-state index is -0.240. The van der Waals surface area contributed by atoms with Crippen molar-refractivity contribution in [2.24, 2.45) is 0 Å². The topological polar surface area (TPSA) is 20.2 Å². The van der Waals surface area contributed by atoms with Gasteiger partial charge in [-0.25, -0.2) is 0 Å². The third-order valence-electron chi connectivity index (χ3n) is 2.16. The molecule has 0 aromatic heterocycles. The van der Waals surface area contributed by atoms with Crippen molar-refractivity contribution in [3.63, 3.8) is 0 Å². The second-order valence-corrected chi connectivity index (χ2v) is 4.18. The van der Waals surface area contributed by atoms with Gasteiger partial charge in [-0.2, -0.15) is 0 Å². The Morgan fingerprint density at radius 3 is 3.08 bits per heavy atom. The smallest absolute Gasteiger partial charge is 0.0801 e. The van der Waals surface area contributed by atoms with Crippen molar-refractivity contribution in [2.75, 3.05) is 5.75 Å². The van der Waals surface area contributed by atoms with Crippen molar-refractivity contribution in [3.8, 4) is 0 Å². The lowest BCUT2D eigenvalue weighted by Gasteiger charge is -2.09. The summed E-state index contributed by atoms with van der Waals surface area (Å²) in [7, 11) is 0. The van der Waals surface area contributed by atoms with Gasteiger partial charge < -0.3 is 5.11 Å². The molecule has 1 heterocycles. The molecule has 2 rings (SSSR count). The predicted octanol–water partition coefficient (Wildman–Crippen LogP) is 2.61. The van der Waals surface area contributed by atoms with E-state index in [9.17, 15) is 5.11 Å². The Morgan fingerprint density at radius 2 is 2.17 bits per heavy atom. The van der Waals surface area contributed by atoms with Gasteiger partial charge in [0.15, 0.2) is 0 Å². The lowest BCUT2D eigenvalue weighted by atomic mass is 10.1. The van der Waals surface area contributed by atoms with E-state index in [1.807, 2.05) is 30.0 Å². The molecule has 0 saturated heterocycles. The third-order valence-corrected chi connectivity index (χ3v) is 3.33. The molecule has 1 nitrogen and oxygen atoms in total. The van der Waals surface area contributed by atoms with E-state index < -0.39 is 0 Å². The molecule has 0 bridgehead atoms. The number of thioether (sulfide) groups is 1. The molecule has 0 aliphatic carbocycles. The summed E-state index contributed by atoms with van der Waals surface area (Å²) in [5.41, 5.74) is 1.11. The largest absolute Gasteiger partial charge is 0.388 e. The molecule has 2 heteroatoms. The Labute approximate surface area is 76.8 Å². The fourth-order valence-electron chi connectivity index (χ4n) is 1.50. The molecule has 1 aromatic carbocycles. The molecule has 0 saturated carbocycles. The van der Waals surface area contributed by atoms with Crippen LogP contribution >= 0.6 is 11.8 Å². The van der Waals surface area contributed by atoms with Crippen molar-refractivity contribution in [3.05, 3.63) is 29.8 Å². The zero-order valence-corrected chi connectivity index (χ0v) is 7.68. The molecule has 0 amide bonds. The van der Waals surface area contributed by atoms with Crippen molar-refractivity contribution < 1.29 is 5.11 Å². The molecule has 1 aliphatic rings. The number of benzene rings is 1. The summed E-state index contributed by atoms with van der Waals surface area (Å²) in [6.45, 7) is 0. The molecule has 1 aromatic rings. The van der Waals surface area contributed by atoms with Crippen LogP contribution in [0.3, 0.4) is 0 Å². The monoisotopic (exact) mass is 180 g/mol. The first-order valence-corrected chi connectivity index (χ1v) is 5.26. The standard InChI is InChI=1S/C10H12OS/c11-9-5-3-7-12-10-6-2-1-4-8(9)10/h1-2,4,6,9,11H,3,5,7H2/t9-/m0/s1. The van der Waals surface area contributed by atoms with Crippen LogP contribution in [0, 0.1) is 0 Å². The second kappa shape index (κ2) is 3.50. The highest BCUT2D eigenvalue weighted by Gasteiger charge is 2.15. The van der Waals surface area contributed by atoms with Crippen LogP contribution in [0.2, 0.25) is 0 Å². The van der Waals surface area contributed by atoms with Gasteiger partial charge in [-0.3, -0.25) is 0 Å². The molecular weight excluding hydrogens is 168 g/mol. The molecule has 1 aliphatic heterocycles. The Balaban J connectivity index is 2.39. The van der Waals surface area contributed by atoms with E-state index in [4.69, 9.17) is 0 Å².